The summed E-state index contributed by atoms with van der Waals surface area (Å²) in [5, 5.41) is 10.8. The van der Waals surface area contributed by atoms with E-state index >= 15 is 0 Å². The van der Waals surface area contributed by atoms with Gasteiger partial charge in [0.2, 0.25) is 0 Å². The van der Waals surface area contributed by atoms with Crippen molar-refractivity contribution in [2.24, 2.45) is 0 Å². The van der Waals surface area contributed by atoms with Crippen LogP contribution >= 0.6 is 11.3 Å². The Morgan fingerprint density at radius 1 is 1.69 bits per heavy atom. The van der Waals surface area contributed by atoms with Gasteiger partial charge in [-0.25, -0.2) is 4.98 Å². The second-order valence-corrected chi connectivity index (χ2v) is 3.14. The number of rotatable bonds is 4. The second-order valence-electron chi connectivity index (χ2n) is 2.10. The minimum Gasteiger partial charge on any atom is -0.303 e. The molecule has 68 valence electrons. The van der Waals surface area contributed by atoms with Crippen LogP contribution in [0.3, 0.4) is 0 Å². The molecule has 13 heavy (non-hydrogen) atoms. The topological polar surface area (TPSA) is 73.1 Å². The van der Waals surface area contributed by atoms with Gasteiger partial charge in [0.15, 0.2) is 0 Å². The van der Waals surface area contributed by atoms with Gasteiger partial charge in [0.1, 0.15) is 17.5 Å². The summed E-state index contributed by atoms with van der Waals surface area (Å²) >= 11 is 0.978. The number of hydrogen-bond acceptors (Lipinski definition) is 5. The van der Waals surface area contributed by atoms with Gasteiger partial charge in [-0.3, -0.25) is 10.1 Å². The molecule has 0 amide bonds. The number of allylic oxidation sites excluding steroid dienone is 1. The van der Waals surface area contributed by atoms with Crippen LogP contribution in [0.2, 0.25) is 0 Å². The van der Waals surface area contributed by atoms with E-state index in [1.807, 2.05) is 0 Å². The summed E-state index contributed by atoms with van der Waals surface area (Å²) in [6, 6.07) is 0. The van der Waals surface area contributed by atoms with Gasteiger partial charge in [-0.15, -0.1) is 0 Å². The fraction of sp³-hybridized carbons (Fsp3) is 0.143. The highest BCUT2D eigenvalue weighted by atomic mass is 32.1. The van der Waals surface area contributed by atoms with Crippen LogP contribution in [0.5, 0.6) is 0 Å². The maximum atomic E-state index is 10.2. The SMILES string of the molecule is O=CCC=Cc1ncc([N+](=O)[O-])s1. The zero-order valence-corrected chi connectivity index (χ0v) is 7.36. The average Bonchev–Trinajstić information content (AvgIpc) is 2.53. The van der Waals surface area contributed by atoms with Crippen molar-refractivity contribution in [2.75, 3.05) is 0 Å². The third-order valence-electron chi connectivity index (χ3n) is 1.18. The van der Waals surface area contributed by atoms with E-state index in [-0.39, 0.29) is 5.00 Å². The molecule has 1 heterocycles. The maximum absolute atomic E-state index is 10.2. The van der Waals surface area contributed by atoms with Gasteiger partial charge in [-0.2, -0.15) is 0 Å². The Morgan fingerprint density at radius 3 is 3.00 bits per heavy atom. The molecule has 6 heteroatoms. The number of nitro groups is 1. The van der Waals surface area contributed by atoms with Gasteiger partial charge in [0.05, 0.1) is 4.92 Å². The molecule has 0 aliphatic heterocycles. The fourth-order valence-corrected chi connectivity index (χ4v) is 1.33. The lowest BCUT2D eigenvalue weighted by Gasteiger charge is -1.79. The van der Waals surface area contributed by atoms with Crippen molar-refractivity contribution in [3.8, 4) is 0 Å². The van der Waals surface area contributed by atoms with Crippen LogP contribution < -0.4 is 0 Å². The Kier molecular flexibility index (Phi) is 3.27. The lowest BCUT2D eigenvalue weighted by atomic mass is 10.4. The molecule has 0 aliphatic carbocycles. The first-order chi connectivity index (χ1) is 6.24. The largest absolute Gasteiger partial charge is 0.344 e. The van der Waals surface area contributed by atoms with Crippen molar-refractivity contribution in [1.29, 1.82) is 0 Å². The third kappa shape index (κ3) is 2.75. The molecule has 0 aromatic carbocycles. The van der Waals surface area contributed by atoms with E-state index < -0.39 is 4.92 Å². The van der Waals surface area contributed by atoms with E-state index in [0.29, 0.717) is 11.4 Å². The molecule has 0 saturated carbocycles. The Bertz CT molecular complexity index is 345. The smallest absolute Gasteiger partial charge is 0.303 e. The molecule has 0 atom stereocenters. The van der Waals surface area contributed by atoms with E-state index in [1.54, 1.807) is 12.2 Å². The minimum atomic E-state index is -0.491. The molecule has 0 fully saturated rings. The minimum absolute atomic E-state index is 0.00533. The molecule has 0 unspecified atom stereocenters. The third-order valence-corrected chi connectivity index (χ3v) is 2.10. The monoisotopic (exact) mass is 198 g/mol. The first kappa shape index (κ1) is 9.53. The first-order valence-corrected chi connectivity index (χ1v) is 4.26. The summed E-state index contributed by atoms with van der Waals surface area (Å²) in [4.78, 5) is 23.5. The normalized spacial score (nSPS) is 10.5. The number of thiazole rings is 1. The van der Waals surface area contributed by atoms with Gasteiger partial charge < -0.3 is 4.79 Å². The van der Waals surface area contributed by atoms with Crippen molar-refractivity contribution in [2.45, 2.75) is 6.42 Å². The molecule has 0 aliphatic rings. The van der Waals surface area contributed by atoms with Gasteiger partial charge in [0, 0.05) is 6.42 Å². The number of hydrogen-bond donors (Lipinski definition) is 0. The van der Waals surface area contributed by atoms with E-state index in [9.17, 15) is 14.9 Å². The second kappa shape index (κ2) is 4.46. The van der Waals surface area contributed by atoms with Gasteiger partial charge in [-0.05, 0) is 17.4 Å². The summed E-state index contributed by atoms with van der Waals surface area (Å²) < 4.78 is 0. The standard InChI is InChI=1S/C7H6N2O3S/c10-4-2-1-3-6-8-5-7(13-6)9(11)12/h1,3-5H,2H2. The van der Waals surface area contributed by atoms with Crippen LogP contribution in [-0.4, -0.2) is 16.2 Å². The zero-order valence-electron chi connectivity index (χ0n) is 6.54. The van der Waals surface area contributed by atoms with Gasteiger partial charge in [-0.1, -0.05) is 6.08 Å². The summed E-state index contributed by atoms with van der Waals surface area (Å²) in [7, 11) is 0. The maximum Gasteiger partial charge on any atom is 0.344 e. The Balaban J connectivity index is 2.69. The van der Waals surface area contributed by atoms with Crippen LogP contribution in [0.15, 0.2) is 12.3 Å². The van der Waals surface area contributed by atoms with Crippen LogP contribution in [0, 0.1) is 10.1 Å². The molecule has 0 radical (unpaired) electrons. The Hall–Kier alpha value is -1.56. The summed E-state index contributed by atoms with van der Waals surface area (Å²) in [5.74, 6) is 0. The highest BCUT2D eigenvalue weighted by Crippen LogP contribution is 2.21. The van der Waals surface area contributed by atoms with Crippen LogP contribution in [0.1, 0.15) is 11.4 Å². The molecular weight excluding hydrogens is 192 g/mol. The lowest BCUT2D eigenvalue weighted by Crippen LogP contribution is -1.80. The quantitative estimate of drug-likeness (QED) is 0.419. The molecule has 1 aromatic rings. The highest BCUT2D eigenvalue weighted by molar-refractivity contribution is 7.15. The predicted octanol–water partition coefficient (Wildman–Crippen LogP) is 1.65. The highest BCUT2D eigenvalue weighted by Gasteiger charge is 2.08. The van der Waals surface area contributed by atoms with E-state index in [1.165, 1.54) is 6.20 Å². The Morgan fingerprint density at radius 2 is 2.46 bits per heavy atom. The molecule has 0 saturated heterocycles. The van der Waals surface area contributed by atoms with Crippen LogP contribution in [0.4, 0.5) is 5.00 Å². The summed E-state index contributed by atoms with van der Waals surface area (Å²) in [6.45, 7) is 0. The van der Waals surface area contributed by atoms with Gasteiger partial charge in [0.25, 0.3) is 0 Å². The van der Waals surface area contributed by atoms with Crippen LogP contribution in [-0.2, 0) is 4.79 Å². The van der Waals surface area contributed by atoms with Crippen molar-refractivity contribution in [3.63, 3.8) is 0 Å². The molecule has 0 bridgehead atoms. The number of nitrogens with zero attached hydrogens (tertiary/aromatic N) is 2. The molecule has 5 nitrogen and oxygen atoms in total. The first-order valence-electron chi connectivity index (χ1n) is 3.44. The number of carbonyl (C=O) groups is 1. The van der Waals surface area contributed by atoms with E-state index in [0.717, 1.165) is 17.6 Å². The van der Waals surface area contributed by atoms with E-state index in [4.69, 9.17) is 0 Å². The molecule has 1 aromatic heterocycles. The van der Waals surface area contributed by atoms with E-state index in [2.05, 4.69) is 4.98 Å². The molecule has 0 N–H and O–H groups in total. The average molecular weight is 198 g/mol. The lowest BCUT2D eigenvalue weighted by molar-refractivity contribution is -0.380. The molecule has 1 rings (SSSR count). The molecule has 0 spiro atoms. The predicted molar refractivity (Wildman–Crippen MR) is 48.5 cm³/mol. The van der Waals surface area contributed by atoms with Crippen molar-refractivity contribution in [1.82, 2.24) is 4.98 Å². The molecular formula is C7H6N2O3S. The number of aromatic nitrogens is 1. The number of carbonyl (C=O) groups excluding carboxylic acids is 1. The van der Waals surface area contributed by atoms with Gasteiger partial charge >= 0.3 is 5.00 Å². The Labute approximate surface area is 77.9 Å². The fourth-order valence-electron chi connectivity index (χ4n) is 0.665. The zero-order chi connectivity index (χ0) is 9.68. The summed E-state index contributed by atoms with van der Waals surface area (Å²) in [5.41, 5.74) is 0. The number of aldehydes is 1. The van der Waals surface area contributed by atoms with Crippen LogP contribution in [0.25, 0.3) is 6.08 Å². The summed E-state index contributed by atoms with van der Waals surface area (Å²) in [6.07, 6.45) is 5.44. The van der Waals surface area contributed by atoms with Crippen molar-refractivity contribution >= 4 is 28.7 Å². The van der Waals surface area contributed by atoms with Crippen molar-refractivity contribution < 1.29 is 9.72 Å². The van der Waals surface area contributed by atoms with Crippen molar-refractivity contribution in [3.05, 3.63) is 27.4 Å².